The fraction of sp³-hybridized carbons (Fsp3) is 0.359. The number of aldehydes is 1. The molecule has 1 saturated heterocycles. The monoisotopic (exact) mass is 802 g/mol. The van der Waals surface area contributed by atoms with Crippen molar-refractivity contribution in [1.82, 2.24) is 5.32 Å². The quantitative estimate of drug-likeness (QED) is 0.0577. The maximum Gasteiger partial charge on any atom is 0.284 e. The Morgan fingerprint density at radius 3 is 2.52 bits per heavy atom. The first kappa shape index (κ1) is 40.6. The molecule has 0 aromatic heterocycles. The number of hydrogen-bond donors (Lipinski definition) is 10. The third-order valence-corrected chi connectivity index (χ3v) is 10.5. The molecule has 304 valence electrons. The molecule has 58 heavy (non-hydrogen) atoms. The first-order valence-corrected chi connectivity index (χ1v) is 18.2. The van der Waals surface area contributed by atoms with Gasteiger partial charge in [0.15, 0.2) is 35.3 Å². The lowest BCUT2D eigenvalue weighted by molar-refractivity contribution is -0.723. The van der Waals surface area contributed by atoms with Gasteiger partial charge >= 0.3 is 0 Å². The number of amides is 1. The van der Waals surface area contributed by atoms with Gasteiger partial charge in [0.05, 0.1) is 24.9 Å². The van der Waals surface area contributed by atoms with E-state index in [4.69, 9.17) is 19.6 Å². The third-order valence-electron chi connectivity index (χ3n) is 10.5. The molecule has 7 rings (SSSR count). The normalized spacial score (nSPS) is 25.5. The van der Waals surface area contributed by atoms with Crippen molar-refractivity contribution >= 4 is 47.0 Å². The Morgan fingerprint density at radius 2 is 1.79 bits per heavy atom. The second-order valence-corrected chi connectivity index (χ2v) is 14.1. The molecule has 3 aromatic rings. The summed E-state index contributed by atoms with van der Waals surface area (Å²) in [4.78, 5) is 61.8. The Morgan fingerprint density at radius 1 is 1.02 bits per heavy atom. The number of aliphatic imine (C=N–C) groups is 2. The van der Waals surface area contributed by atoms with E-state index >= 15 is 0 Å². The van der Waals surface area contributed by atoms with Gasteiger partial charge in [-0.25, -0.2) is 9.89 Å². The van der Waals surface area contributed by atoms with Crippen molar-refractivity contribution in [2.45, 2.75) is 62.2 Å². The number of aliphatic hydroxyl groups is 7. The molecule has 1 amide bonds. The zero-order valence-electron chi connectivity index (χ0n) is 30.6. The Bertz CT molecular complexity index is 2260. The molecule has 1 aliphatic carbocycles. The van der Waals surface area contributed by atoms with Gasteiger partial charge in [0, 0.05) is 53.7 Å². The Hall–Kier alpha value is -5.61. The molecular formula is C39H40N5O14+. The highest BCUT2D eigenvalue weighted by atomic mass is 16.7. The van der Waals surface area contributed by atoms with Gasteiger partial charge in [-0.1, -0.05) is 24.3 Å². The van der Waals surface area contributed by atoms with Crippen LogP contribution < -0.4 is 19.7 Å². The molecule has 7 atom stereocenters. The summed E-state index contributed by atoms with van der Waals surface area (Å²) in [6, 6.07) is 12.5. The van der Waals surface area contributed by atoms with E-state index < -0.39 is 92.4 Å². The highest BCUT2D eigenvalue weighted by Crippen LogP contribution is 2.46. The lowest BCUT2D eigenvalue weighted by atomic mass is 9.81. The smallest absolute Gasteiger partial charge is 0.284 e. The van der Waals surface area contributed by atoms with Crippen LogP contribution in [0.4, 0.5) is 5.69 Å². The number of aliphatic hydroxyl groups excluding tert-OH is 6. The fourth-order valence-electron chi connectivity index (χ4n) is 7.48. The Balaban J connectivity index is 1.44. The summed E-state index contributed by atoms with van der Waals surface area (Å²) in [6.45, 7) is -2.64. The number of rotatable bonds is 14. The molecule has 1 unspecified atom stereocenters. The van der Waals surface area contributed by atoms with Crippen molar-refractivity contribution in [3.05, 3.63) is 87.5 Å². The topological polar surface area (TPSA) is 303 Å². The summed E-state index contributed by atoms with van der Waals surface area (Å²) < 4.78 is 18.3. The number of carbonyl (C=O) groups is 4. The summed E-state index contributed by atoms with van der Waals surface area (Å²) in [5.74, 6) is -2.97. The van der Waals surface area contributed by atoms with E-state index in [-0.39, 0.29) is 70.6 Å². The summed E-state index contributed by atoms with van der Waals surface area (Å²) in [7, 11) is 0. The highest BCUT2D eigenvalue weighted by Gasteiger charge is 2.56. The lowest BCUT2D eigenvalue weighted by Gasteiger charge is -2.47. The molecule has 4 aliphatic rings. The van der Waals surface area contributed by atoms with Crippen LogP contribution >= 0.6 is 0 Å². The highest BCUT2D eigenvalue weighted by molar-refractivity contribution is 6.68. The van der Waals surface area contributed by atoms with Crippen LogP contribution in [0.15, 0.2) is 58.5 Å². The van der Waals surface area contributed by atoms with Crippen molar-refractivity contribution in [3.63, 3.8) is 0 Å². The predicted molar refractivity (Wildman–Crippen MR) is 198 cm³/mol. The number of ketones is 2. The fourth-order valence-corrected chi connectivity index (χ4v) is 7.48. The molecule has 19 heteroatoms. The molecule has 1 fully saturated rings. The summed E-state index contributed by atoms with van der Waals surface area (Å²) in [6.07, 6.45) is -9.54. The number of para-hydroxylation sites is 1. The molecule has 0 radical (unpaired) electrons. The summed E-state index contributed by atoms with van der Waals surface area (Å²) in [5.41, 5.74) is -1.63. The molecule has 19 nitrogen and oxygen atoms in total. The average molecular weight is 803 g/mol. The standard InChI is InChI=1S/C39H39N5O14/c40-38-42-35-28(36(54)43-38)41-17-44(35)25-4-2-1-3-19(25)12-20-13-24-27(30(51)23-11-18(14-47)5-6-22(23)29(24)50)33(56-16-21(49)7-9-45)32(20)58-37-39(55,8-10-46)34(53)31(52)26(15-48)57-37/h1-6,9,11,13,21,26,31,34,37,46-49,52-53,55H,7-8,10,12,14-17H2,(H2,40,43,54)/p+1/t21-,26+,31+,34-,37-,39+/m1/s1. The van der Waals surface area contributed by atoms with E-state index in [9.17, 15) is 54.9 Å². The van der Waals surface area contributed by atoms with Crippen molar-refractivity contribution < 1.29 is 74.0 Å². The minimum Gasteiger partial charge on any atom is -0.486 e. The molecule has 0 bridgehead atoms. The number of amidine groups is 1. The number of ether oxygens (including phenoxy) is 3. The van der Waals surface area contributed by atoms with E-state index in [2.05, 4.69) is 15.3 Å². The van der Waals surface area contributed by atoms with E-state index in [1.807, 2.05) is 0 Å². The largest absolute Gasteiger partial charge is 0.486 e. The Labute approximate surface area is 329 Å². The predicted octanol–water partition coefficient (Wildman–Crippen LogP) is -2.80. The minimum atomic E-state index is -2.56. The molecule has 0 saturated carbocycles. The van der Waals surface area contributed by atoms with Crippen molar-refractivity contribution in [1.29, 1.82) is 5.41 Å². The number of carbonyl (C=O) groups excluding carboxylic acids is 4. The van der Waals surface area contributed by atoms with E-state index in [0.717, 1.165) is 0 Å². The molecule has 3 aliphatic heterocycles. The van der Waals surface area contributed by atoms with Gasteiger partial charge < -0.3 is 54.8 Å². The third kappa shape index (κ3) is 7.12. The lowest BCUT2D eigenvalue weighted by Crippen LogP contribution is -3.09. The summed E-state index contributed by atoms with van der Waals surface area (Å²) in [5, 5.41) is 84.5. The molecule has 3 heterocycles. The number of nitrogens with zero attached hydrogens (tertiary/aromatic N) is 2. The van der Waals surface area contributed by atoms with E-state index in [1.54, 1.807) is 24.3 Å². The van der Waals surface area contributed by atoms with Gasteiger partial charge in [-0.15, -0.1) is 0 Å². The first-order chi connectivity index (χ1) is 27.8. The zero-order chi connectivity index (χ0) is 41.5. The van der Waals surface area contributed by atoms with Crippen molar-refractivity contribution in [2.24, 2.45) is 9.98 Å². The minimum absolute atomic E-state index is 0.0136. The number of nitrogens with one attached hydrogen (secondary N) is 3. The van der Waals surface area contributed by atoms with Crippen LogP contribution in [0, 0.1) is 5.41 Å². The second kappa shape index (κ2) is 16.3. The van der Waals surface area contributed by atoms with E-state index in [0.29, 0.717) is 28.0 Å². The van der Waals surface area contributed by atoms with Crippen molar-refractivity contribution in [2.75, 3.05) is 26.5 Å². The van der Waals surface area contributed by atoms with Crippen LogP contribution in [0.2, 0.25) is 0 Å². The first-order valence-electron chi connectivity index (χ1n) is 18.2. The SMILES string of the molecule is N=C1N=C2C(=NC[NH+]2c2ccccc2Cc2cc3c(c(OC[C@H](O)CC=O)c2O[C@H]2O[C@@H](CO)[C@H](O)[C@@H](O)[C@@]2(O)CCO)C(=O)c2cc(CO)ccc2C3=O)C(=O)N1. The van der Waals surface area contributed by atoms with Crippen molar-refractivity contribution in [3.8, 4) is 11.5 Å². The van der Waals surface area contributed by atoms with Crippen LogP contribution in [0.3, 0.4) is 0 Å². The second-order valence-electron chi connectivity index (χ2n) is 14.1. The van der Waals surface area contributed by atoms with Crippen LogP contribution in [-0.2, 0) is 27.4 Å². The average Bonchev–Trinajstić information content (AvgIpc) is 3.64. The maximum atomic E-state index is 14.5. The van der Waals surface area contributed by atoms with Crippen LogP contribution in [-0.4, -0.2) is 140 Å². The zero-order valence-corrected chi connectivity index (χ0v) is 30.6. The van der Waals surface area contributed by atoms with Gasteiger partial charge in [0.2, 0.25) is 18.0 Å². The number of guanidine groups is 1. The van der Waals surface area contributed by atoms with Gasteiger partial charge in [-0.3, -0.25) is 25.1 Å². The van der Waals surface area contributed by atoms with E-state index in [1.165, 1.54) is 24.3 Å². The van der Waals surface area contributed by atoms with Gasteiger partial charge in [-0.2, -0.15) is 4.99 Å². The van der Waals surface area contributed by atoms with Gasteiger partial charge in [0.1, 0.15) is 36.9 Å². The Kier molecular flexibility index (Phi) is 11.4. The molecule has 3 aromatic carbocycles. The number of fused-ring (bicyclic) bond motifs is 3. The van der Waals surface area contributed by atoms with Gasteiger partial charge in [0.25, 0.3) is 11.7 Å². The number of hydrogen-bond acceptors (Lipinski definition) is 16. The molecule has 0 spiro atoms. The summed E-state index contributed by atoms with van der Waals surface area (Å²) >= 11 is 0. The maximum absolute atomic E-state index is 14.5. The number of quaternary nitrogens is 1. The molecular weight excluding hydrogens is 762 g/mol. The number of benzene rings is 3. The molecule has 10 N–H and O–H groups in total. The van der Waals surface area contributed by atoms with Crippen LogP contribution in [0.25, 0.3) is 0 Å². The van der Waals surface area contributed by atoms with Gasteiger partial charge in [-0.05, 0) is 29.8 Å². The van der Waals surface area contributed by atoms with Crippen LogP contribution in [0.5, 0.6) is 11.5 Å². The van der Waals surface area contributed by atoms with Crippen LogP contribution in [0.1, 0.15) is 61.4 Å².